The number of hydrogen-bond acceptors (Lipinski definition) is 5. The van der Waals surface area contributed by atoms with Crippen LogP contribution < -0.4 is 4.74 Å². The van der Waals surface area contributed by atoms with Gasteiger partial charge in [0.1, 0.15) is 5.75 Å². The van der Waals surface area contributed by atoms with Gasteiger partial charge in [-0.1, -0.05) is 17.3 Å². The summed E-state index contributed by atoms with van der Waals surface area (Å²) in [5.41, 5.74) is 1.74. The molecule has 1 fully saturated rings. The van der Waals surface area contributed by atoms with Crippen LogP contribution in [0, 0.1) is 18.3 Å². The van der Waals surface area contributed by atoms with Crippen LogP contribution >= 0.6 is 0 Å². The first-order chi connectivity index (χ1) is 11.7. The largest absolute Gasteiger partial charge is 0.484 e. The number of nitriles is 1. The van der Waals surface area contributed by atoms with Crippen molar-refractivity contribution in [1.29, 1.82) is 5.26 Å². The summed E-state index contributed by atoms with van der Waals surface area (Å²) in [6, 6.07) is 11.1. The second kappa shape index (κ2) is 7.18. The van der Waals surface area contributed by atoms with Crippen LogP contribution in [0.2, 0.25) is 0 Å². The van der Waals surface area contributed by atoms with E-state index in [1.54, 1.807) is 17.0 Å². The summed E-state index contributed by atoms with van der Waals surface area (Å²) >= 11 is 0. The Morgan fingerprint density at radius 1 is 1.46 bits per heavy atom. The molecule has 2 aromatic rings. The summed E-state index contributed by atoms with van der Waals surface area (Å²) in [6.45, 7) is 2.56. The molecule has 1 atom stereocenters. The average Bonchev–Trinajstić information content (AvgIpc) is 3.23. The number of benzene rings is 1. The first kappa shape index (κ1) is 16.1. The van der Waals surface area contributed by atoms with Gasteiger partial charge in [-0.3, -0.25) is 4.79 Å². The molecule has 1 saturated heterocycles. The van der Waals surface area contributed by atoms with E-state index in [1.165, 1.54) is 0 Å². The van der Waals surface area contributed by atoms with Crippen LogP contribution in [0.25, 0.3) is 0 Å². The van der Waals surface area contributed by atoms with Crippen molar-refractivity contribution < 1.29 is 14.1 Å². The third-order valence-electron chi connectivity index (χ3n) is 4.12. The van der Waals surface area contributed by atoms with E-state index in [4.69, 9.17) is 14.5 Å². The number of ether oxygens (including phenoxy) is 1. The van der Waals surface area contributed by atoms with Crippen molar-refractivity contribution in [3.05, 3.63) is 47.3 Å². The van der Waals surface area contributed by atoms with Gasteiger partial charge in [0, 0.05) is 12.6 Å². The summed E-state index contributed by atoms with van der Waals surface area (Å²) in [6.07, 6.45) is 2.19. The van der Waals surface area contributed by atoms with Crippen LogP contribution in [-0.2, 0) is 11.2 Å². The van der Waals surface area contributed by atoms with Crippen LogP contribution in [-0.4, -0.2) is 29.1 Å². The van der Waals surface area contributed by atoms with Gasteiger partial charge in [0.2, 0.25) is 0 Å². The summed E-state index contributed by atoms with van der Waals surface area (Å²) in [4.78, 5) is 14.3. The highest BCUT2D eigenvalue weighted by Crippen LogP contribution is 2.32. The van der Waals surface area contributed by atoms with E-state index in [-0.39, 0.29) is 18.6 Å². The number of rotatable bonds is 5. The average molecular weight is 325 g/mol. The summed E-state index contributed by atoms with van der Waals surface area (Å²) in [5, 5.41) is 12.6. The highest BCUT2D eigenvalue weighted by Gasteiger charge is 2.32. The molecule has 0 spiro atoms. The normalized spacial score (nSPS) is 16.8. The summed E-state index contributed by atoms with van der Waals surface area (Å²) < 4.78 is 10.9. The molecule has 0 radical (unpaired) electrons. The number of carbonyl (C=O) groups is 1. The molecule has 0 aliphatic carbocycles. The summed E-state index contributed by atoms with van der Waals surface area (Å²) in [7, 11) is 0. The van der Waals surface area contributed by atoms with Crippen LogP contribution in [0.4, 0.5) is 0 Å². The molecule has 0 saturated carbocycles. The molecule has 1 aromatic heterocycles. The number of carbonyl (C=O) groups excluding carboxylic acids is 1. The quantitative estimate of drug-likeness (QED) is 0.844. The Labute approximate surface area is 140 Å². The highest BCUT2D eigenvalue weighted by atomic mass is 16.5. The SMILES string of the molecule is Cc1cc([C@H]2CCCN2C(=O)COc2ccc(CC#N)cc2)on1. The molecule has 0 unspecified atom stereocenters. The first-order valence-electron chi connectivity index (χ1n) is 7.99. The van der Waals surface area contributed by atoms with Gasteiger partial charge < -0.3 is 14.2 Å². The van der Waals surface area contributed by atoms with Crippen LogP contribution in [0.1, 0.15) is 35.9 Å². The van der Waals surface area contributed by atoms with Crippen molar-refractivity contribution in [2.75, 3.05) is 13.2 Å². The molecule has 1 aliphatic rings. The smallest absolute Gasteiger partial charge is 0.261 e. The van der Waals surface area contributed by atoms with Crippen molar-refractivity contribution >= 4 is 5.91 Å². The maximum atomic E-state index is 12.5. The van der Waals surface area contributed by atoms with Gasteiger partial charge >= 0.3 is 0 Å². The van der Waals surface area contributed by atoms with Gasteiger partial charge in [-0.25, -0.2) is 0 Å². The fraction of sp³-hybridized carbons (Fsp3) is 0.389. The van der Waals surface area contributed by atoms with E-state index in [0.717, 1.165) is 29.9 Å². The zero-order valence-corrected chi connectivity index (χ0v) is 13.6. The molecule has 2 heterocycles. The zero-order chi connectivity index (χ0) is 16.9. The molecular formula is C18H19N3O3. The Balaban J connectivity index is 1.59. The maximum Gasteiger partial charge on any atom is 0.261 e. The molecule has 1 aliphatic heterocycles. The van der Waals surface area contributed by atoms with E-state index < -0.39 is 0 Å². The number of amides is 1. The van der Waals surface area contributed by atoms with Crippen LogP contribution in [0.5, 0.6) is 5.75 Å². The van der Waals surface area contributed by atoms with Crippen molar-refractivity contribution in [2.45, 2.75) is 32.2 Å². The van der Waals surface area contributed by atoms with Crippen LogP contribution in [0.3, 0.4) is 0 Å². The van der Waals surface area contributed by atoms with E-state index in [0.29, 0.717) is 18.7 Å². The van der Waals surface area contributed by atoms with E-state index in [9.17, 15) is 4.79 Å². The molecule has 1 amide bonds. The third kappa shape index (κ3) is 3.57. The van der Waals surface area contributed by atoms with E-state index in [2.05, 4.69) is 11.2 Å². The molecule has 0 bridgehead atoms. The van der Waals surface area contributed by atoms with Gasteiger partial charge in [0.05, 0.1) is 24.2 Å². The second-order valence-electron chi connectivity index (χ2n) is 5.88. The highest BCUT2D eigenvalue weighted by molar-refractivity contribution is 5.78. The monoisotopic (exact) mass is 325 g/mol. The van der Waals surface area contributed by atoms with Crippen LogP contribution in [0.15, 0.2) is 34.9 Å². The maximum absolute atomic E-state index is 12.5. The lowest BCUT2D eigenvalue weighted by molar-refractivity contribution is -0.134. The molecule has 6 heteroatoms. The Bertz CT molecular complexity index is 746. The number of nitrogens with zero attached hydrogens (tertiary/aromatic N) is 3. The molecule has 0 N–H and O–H groups in total. The minimum absolute atomic E-state index is 0.0127. The van der Waals surface area contributed by atoms with Gasteiger partial charge in [0.25, 0.3) is 5.91 Å². The molecule has 24 heavy (non-hydrogen) atoms. The van der Waals surface area contributed by atoms with E-state index in [1.807, 2.05) is 25.1 Å². The lowest BCUT2D eigenvalue weighted by Gasteiger charge is -2.22. The lowest BCUT2D eigenvalue weighted by atomic mass is 10.1. The number of hydrogen-bond donors (Lipinski definition) is 0. The fourth-order valence-electron chi connectivity index (χ4n) is 2.92. The zero-order valence-electron chi connectivity index (χ0n) is 13.6. The molecular weight excluding hydrogens is 306 g/mol. The minimum Gasteiger partial charge on any atom is -0.484 e. The van der Waals surface area contributed by atoms with Crippen molar-refractivity contribution in [2.24, 2.45) is 0 Å². The third-order valence-corrected chi connectivity index (χ3v) is 4.12. The first-order valence-corrected chi connectivity index (χ1v) is 7.99. The standard InChI is InChI=1S/C18H19N3O3/c1-13-11-17(24-20-13)16-3-2-10-21(16)18(22)12-23-15-6-4-14(5-7-15)8-9-19/h4-7,11,16H,2-3,8,10,12H2,1H3/t16-/m1/s1. The number of aromatic nitrogens is 1. The predicted molar refractivity (Wildman–Crippen MR) is 86.2 cm³/mol. The van der Waals surface area contributed by atoms with Crippen molar-refractivity contribution in [1.82, 2.24) is 10.1 Å². The molecule has 124 valence electrons. The second-order valence-corrected chi connectivity index (χ2v) is 5.88. The molecule has 6 nitrogen and oxygen atoms in total. The lowest BCUT2D eigenvalue weighted by Crippen LogP contribution is -2.34. The van der Waals surface area contributed by atoms with Crippen molar-refractivity contribution in [3.63, 3.8) is 0 Å². The fourth-order valence-corrected chi connectivity index (χ4v) is 2.92. The predicted octanol–water partition coefficient (Wildman–Crippen LogP) is 2.79. The van der Waals surface area contributed by atoms with Gasteiger partial charge in [-0.2, -0.15) is 5.26 Å². The molecule has 3 rings (SSSR count). The van der Waals surface area contributed by atoms with E-state index >= 15 is 0 Å². The number of aryl methyl sites for hydroxylation is 1. The molecule has 1 aromatic carbocycles. The Morgan fingerprint density at radius 2 is 2.25 bits per heavy atom. The topological polar surface area (TPSA) is 79.4 Å². The minimum atomic E-state index is -0.0624. The Morgan fingerprint density at radius 3 is 2.92 bits per heavy atom. The Hall–Kier alpha value is -2.81. The number of likely N-dealkylation sites (tertiary alicyclic amines) is 1. The van der Waals surface area contributed by atoms with Gasteiger partial charge in [-0.05, 0) is 37.5 Å². The van der Waals surface area contributed by atoms with Crippen molar-refractivity contribution in [3.8, 4) is 11.8 Å². The van der Waals surface area contributed by atoms with Gasteiger partial charge in [-0.15, -0.1) is 0 Å². The Kier molecular flexibility index (Phi) is 4.80. The van der Waals surface area contributed by atoms with Gasteiger partial charge in [0.15, 0.2) is 12.4 Å². The summed E-state index contributed by atoms with van der Waals surface area (Å²) in [5.74, 6) is 1.29.